The maximum atomic E-state index is 12.4. The summed E-state index contributed by atoms with van der Waals surface area (Å²) in [6.45, 7) is 0. The number of methoxy groups -OCH3 is 1. The highest BCUT2D eigenvalue weighted by atomic mass is 16.6. The van der Waals surface area contributed by atoms with Crippen LogP contribution in [0.4, 0.5) is 0 Å². The predicted octanol–water partition coefficient (Wildman–Crippen LogP) is 4.26. The minimum Gasteiger partial charge on any atom is -0.497 e. The van der Waals surface area contributed by atoms with E-state index in [-0.39, 0.29) is 11.6 Å². The molecule has 0 bridgehead atoms. The molecule has 1 heterocycles. The molecule has 0 spiro atoms. The topological polar surface area (TPSA) is 74.2 Å². The van der Waals surface area contributed by atoms with Crippen LogP contribution in [-0.4, -0.2) is 24.9 Å². The van der Waals surface area contributed by atoms with Crippen LogP contribution in [0.5, 0.6) is 11.5 Å². The van der Waals surface area contributed by atoms with Crippen molar-refractivity contribution in [3.63, 3.8) is 0 Å². The largest absolute Gasteiger partial charge is 0.497 e. The van der Waals surface area contributed by atoms with Crippen LogP contribution in [0.15, 0.2) is 89.6 Å². The smallest absolute Gasteiger partial charge is 0.363 e. The van der Waals surface area contributed by atoms with Crippen molar-refractivity contribution in [2.24, 2.45) is 4.99 Å². The Morgan fingerprint density at radius 3 is 2.37 bits per heavy atom. The third-order valence-corrected chi connectivity index (χ3v) is 4.38. The van der Waals surface area contributed by atoms with E-state index >= 15 is 0 Å². The van der Waals surface area contributed by atoms with Gasteiger partial charge in [0, 0.05) is 11.1 Å². The molecule has 0 N–H and O–H groups in total. The average Bonchev–Trinajstić information content (AvgIpc) is 3.16. The van der Waals surface area contributed by atoms with Gasteiger partial charge in [-0.2, -0.15) is 0 Å². The van der Waals surface area contributed by atoms with E-state index in [4.69, 9.17) is 14.2 Å². The van der Waals surface area contributed by atoms with Crippen LogP contribution in [0.3, 0.4) is 0 Å². The first-order chi connectivity index (χ1) is 14.6. The van der Waals surface area contributed by atoms with Crippen LogP contribution in [0, 0.1) is 0 Å². The van der Waals surface area contributed by atoms with Gasteiger partial charge >= 0.3 is 11.9 Å². The summed E-state index contributed by atoms with van der Waals surface area (Å²) in [5.74, 6) is 0.142. The number of carbonyl (C=O) groups is 2. The molecule has 0 fully saturated rings. The lowest BCUT2D eigenvalue weighted by molar-refractivity contribution is -0.129. The molecule has 6 heteroatoms. The molecule has 0 saturated heterocycles. The van der Waals surface area contributed by atoms with E-state index in [0.717, 1.165) is 0 Å². The number of ether oxygens (including phenoxy) is 3. The van der Waals surface area contributed by atoms with Gasteiger partial charge in [-0.05, 0) is 48.5 Å². The Bertz CT molecular complexity index is 1150. The Labute approximate surface area is 173 Å². The quantitative estimate of drug-likeness (QED) is 0.364. The highest BCUT2D eigenvalue weighted by Gasteiger charge is 2.24. The summed E-state index contributed by atoms with van der Waals surface area (Å²) in [5.41, 5.74) is 1.73. The maximum absolute atomic E-state index is 12.4. The monoisotopic (exact) mass is 399 g/mol. The van der Waals surface area contributed by atoms with E-state index in [9.17, 15) is 9.59 Å². The number of benzene rings is 3. The van der Waals surface area contributed by atoms with Gasteiger partial charge in [0.05, 0.1) is 12.7 Å². The molecule has 3 aromatic rings. The Morgan fingerprint density at radius 1 is 0.933 bits per heavy atom. The first kappa shape index (κ1) is 19.1. The van der Waals surface area contributed by atoms with E-state index in [2.05, 4.69) is 4.99 Å². The van der Waals surface area contributed by atoms with Crippen molar-refractivity contribution in [2.45, 2.75) is 0 Å². The predicted molar refractivity (Wildman–Crippen MR) is 111 cm³/mol. The fraction of sp³-hybridized carbons (Fsp3) is 0.0417. The molecule has 0 aliphatic carbocycles. The molecule has 0 amide bonds. The zero-order valence-corrected chi connectivity index (χ0v) is 16.1. The molecule has 30 heavy (non-hydrogen) atoms. The number of cyclic esters (lactones) is 1. The number of hydrogen-bond acceptors (Lipinski definition) is 6. The first-order valence-corrected chi connectivity index (χ1v) is 9.17. The molecule has 1 aliphatic heterocycles. The van der Waals surface area contributed by atoms with E-state index < -0.39 is 11.9 Å². The lowest BCUT2D eigenvalue weighted by atomic mass is 10.1. The Balaban J connectivity index is 1.60. The summed E-state index contributed by atoms with van der Waals surface area (Å²) in [5, 5.41) is 0. The van der Waals surface area contributed by atoms with Crippen LogP contribution in [0.1, 0.15) is 21.5 Å². The van der Waals surface area contributed by atoms with Crippen molar-refractivity contribution < 1.29 is 23.8 Å². The first-order valence-electron chi connectivity index (χ1n) is 9.17. The second kappa shape index (κ2) is 8.45. The molecule has 148 valence electrons. The Kier molecular flexibility index (Phi) is 5.39. The van der Waals surface area contributed by atoms with Crippen molar-refractivity contribution in [3.05, 3.63) is 101 Å². The molecule has 0 radical (unpaired) electrons. The van der Waals surface area contributed by atoms with E-state index in [1.165, 1.54) is 6.08 Å². The third-order valence-electron chi connectivity index (χ3n) is 4.38. The maximum Gasteiger partial charge on any atom is 0.363 e. The number of esters is 2. The zero-order chi connectivity index (χ0) is 20.9. The molecular weight excluding hydrogens is 382 g/mol. The van der Waals surface area contributed by atoms with E-state index in [0.29, 0.717) is 28.2 Å². The van der Waals surface area contributed by atoms with Crippen LogP contribution in [0.2, 0.25) is 0 Å². The average molecular weight is 399 g/mol. The highest BCUT2D eigenvalue weighted by molar-refractivity contribution is 6.13. The molecule has 0 unspecified atom stereocenters. The second-order valence-electron chi connectivity index (χ2n) is 6.36. The molecular formula is C24H17NO5. The normalized spacial score (nSPS) is 14.2. The Hall–Kier alpha value is -4.19. The van der Waals surface area contributed by atoms with E-state index in [1.807, 2.05) is 6.07 Å². The SMILES string of the molecule is COc1ccc(C2=N/C(=C/c3ccccc3OC(=O)c3ccccc3)C(=O)O2)cc1. The second-order valence-corrected chi connectivity index (χ2v) is 6.36. The molecule has 6 nitrogen and oxygen atoms in total. The Morgan fingerprint density at radius 2 is 1.63 bits per heavy atom. The van der Waals surface area contributed by atoms with Gasteiger partial charge in [-0.15, -0.1) is 0 Å². The summed E-state index contributed by atoms with van der Waals surface area (Å²) in [4.78, 5) is 29.0. The summed E-state index contributed by atoms with van der Waals surface area (Å²) in [7, 11) is 1.57. The van der Waals surface area contributed by atoms with Crippen molar-refractivity contribution in [1.29, 1.82) is 0 Å². The fourth-order valence-corrected chi connectivity index (χ4v) is 2.84. The molecule has 1 aliphatic rings. The van der Waals surface area contributed by atoms with Gasteiger partial charge in [-0.1, -0.05) is 36.4 Å². The van der Waals surface area contributed by atoms with Gasteiger partial charge in [0.15, 0.2) is 5.70 Å². The lowest BCUT2D eigenvalue weighted by Crippen LogP contribution is -2.09. The highest BCUT2D eigenvalue weighted by Crippen LogP contribution is 2.26. The summed E-state index contributed by atoms with van der Waals surface area (Å²) < 4.78 is 15.9. The van der Waals surface area contributed by atoms with Crippen molar-refractivity contribution in [1.82, 2.24) is 0 Å². The third kappa shape index (κ3) is 4.12. The summed E-state index contributed by atoms with van der Waals surface area (Å²) in [6.07, 6.45) is 1.53. The van der Waals surface area contributed by atoms with Gasteiger partial charge in [0.1, 0.15) is 11.5 Å². The fourth-order valence-electron chi connectivity index (χ4n) is 2.84. The summed E-state index contributed by atoms with van der Waals surface area (Å²) >= 11 is 0. The van der Waals surface area contributed by atoms with Crippen molar-refractivity contribution in [3.8, 4) is 11.5 Å². The minimum absolute atomic E-state index is 0.115. The van der Waals surface area contributed by atoms with Crippen LogP contribution < -0.4 is 9.47 Å². The number of para-hydroxylation sites is 1. The van der Waals surface area contributed by atoms with Gasteiger partial charge < -0.3 is 14.2 Å². The molecule has 0 atom stereocenters. The van der Waals surface area contributed by atoms with Crippen LogP contribution >= 0.6 is 0 Å². The standard InChI is InChI=1S/C24H17NO5/c1-28-19-13-11-16(12-14-19)22-25-20(24(27)30-22)15-18-9-5-6-10-21(18)29-23(26)17-7-3-2-4-8-17/h2-15H,1H3/b20-15+. The minimum atomic E-state index is -0.579. The van der Waals surface area contributed by atoms with Gasteiger partial charge in [0.25, 0.3) is 0 Å². The van der Waals surface area contributed by atoms with E-state index in [1.54, 1.807) is 79.9 Å². The summed E-state index contributed by atoms with van der Waals surface area (Å²) in [6, 6.07) is 22.6. The number of carbonyl (C=O) groups excluding carboxylic acids is 2. The lowest BCUT2D eigenvalue weighted by Gasteiger charge is -2.07. The molecule has 0 aromatic heterocycles. The number of aliphatic imine (C=N–C) groups is 1. The van der Waals surface area contributed by atoms with Crippen molar-refractivity contribution in [2.75, 3.05) is 7.11 Å². The number of hydrogen-bond donors (Lipinski definition) is 0. The molecule has 4 rings (SSSR count). The van der Waals surface area contributed by atoms with Gasteiger partial charge in [-0.3, -0.25) is 0 Å². The molecule has 3 aromatic carbocycles. The number of nitrogens with zero attached hydrogens (tertiary/aromatic N) is 1. The van der Waals surface area contributed by atoms with Gasteiger partial charge in [0.2, 0.25) is 5.90 Å². The van der Waals surface area contributed by atoms with Crippen LogP contribution in [0.25, 0.3) is 6.08 Å². The molecule has 0 saturated carbocycles. The van der Waals surface area contributed by atoms with Gasteiger partial charge in [-0.25, -0.2) is 14.6 Å². The van der Waals surface area contributed by atoms with Crippen LogP contribution in [-0.2, 0) is 9.53 Å². The zero-order valence-electron chi connectivity index (χ0n) is 16.1. The van der Waals surface area contributed by atoms with Crippen molar-refractivity contribution >= 4 is 23.9 Å². The number of rotatable bonds is 5.